The Kier molecular flexibility index (Phi) is 6.59. The van der Waals surface area contributed by atoms with E-state index in [1.807, 2.05) is 67.6 Å². The molecule has 0 bridgehead atoms. The van der Waals surface area contributed by atoms with Crippen LogP contribution in [0.5, 0.6) is 0 Å². The van der Waals surface area contributed by atoms with Crippen LogP contribution >= 0.6 is 0 Å². The minimum absolute atomic E-state index is 0.0258. The van der Waals surface area contributed by atoms with Crippen LogP contribution in [0.3, 0.4) is 0 Å². The maximum Gasteiger partial charge on any atom is 0.284 e. The molecule has 3 aromatic carbocycles. The molecule has 0 aromatic heterocycles. The number of para-hydroxylation sites is 2. The van der Waals surface area contributed by atoms with Gasteiger partial charge in [-0.25, -0.2) is 0 Å². The van der Waals surface area contributed by atoms with Crippen LogP contribution in [0.4, 0.5) is 11.4 Å². The van der Waals surface area contributed by atoms with E-state index in [9.17, 15) is 8.42 Å². The molecule has 0 saturated heterocycles. The number of hydrogen-bond donors (Lipinski definition) is 3. The summed E-state index contributed by atoms with van der Waals surface area (Å²) >= 11 is 0. The van der Waals surface area contributed by atoms with E-state index in [1.165, 1.54) is 18.3 Å². The molecule has 7 nitrogen and oxygen atoms in total. The largest absolute Gasteiger partial charge is 0.300 e. The predicted octanol–water partition coefficient (Wildman–Crippen LogP) is 3.80. The molecule has 0 aliphatic heterocycles. The number of anilines is 2. The third kappa shape index (κ3) is 6.18. The van der Waals surface area contributed by atoms with Crippen molar-refractivity contribution >= 4 is 33.4 Å². The Morgan fingerprint density at radius 3 is 2.03 bits per heavy atom. The van der Waals surface area contributed by atoms with Crippen LogP contribution < -0.4 is 16.3 Å². The minimum Gasteiger partial charge on any atom is -0.300 e. The first-order valence-electron chi connectivity index (χ1n) is 8.86. The van der Waals surface area contributed by atoms with Gasteiger partial charge in [0, 0.05) is 0 Å². The summed E-state index contributed by atoms with van der Waals surface area (Å²) < 4.78 is 29.2. The number of nitrogens with zero attached hydrogens (tertiary/aromatic N) is 2. The molecular formula is C21H21N5O2S. The summed E-state index contributed by atoms with van der Waals surface area (Å²) in [6.07, 6.45) is 1.30. The van der Waals surface area contributed by atoms with Gasteiger partial charge in [0.15, 0.2) is 5.84 Å². The van der Waals surface area contributed by atoms with E-state index in [2.05, 4.69) is 25.8 Å². The normalized spacial score (nSPS) is 12.0. The fourth-order valence-electron chi connectivity index (χ4n) is 2.31. The molecule has 29 heavy (non-hydrogen) atoms. The van der Waals surface area contributed by atoms with Crippen LogP contribution in [-0.2, 0) is 10.0 Å². The fraction of sp³-hybridized carbons (Fsp3) is 0.0476. The Morgan fingerprint density at radius 2 is 1.41 bits per heavy atom. The van der Waals surface area contributed by atoms with E-state index >= 15 is 0 Å². The molecule has 0 fully saturated rings. The van der Waals surface area contributed by atoms with Crippen LogP contribution in [0.2, 0.25) is 0 Å². The highest BCUT2D eigenvalue weighted by Crippen LogP contribution is 2.13. The number of aryl methyl sites for hydroxylation is 1. The predicted molar refractivity (Wildman–Crippen MR) is 118 cm³/mol. The lowest BCUT2D eigenvalue weighted by atomic mass is 10.2. The highest BCUT2D eigenvalue weighted by atomic mass is 32.2. The quantitative estimate of drug-likeness (QED) is 0.315. The number of benzene rings is 3. The Hall–Kier alpha value is -3.65. The van der Waals surface area contributed by atoms with E-state index in [-0.39, 0.29) is 10.7 Å². The maximum atomic E-state index is 12.7. The van der Waals surface area contributed by atoms with Gasteiger partial charge >= 0.3 is 0 Å². The van der Waals surface area contributed by atoms with E-state index in [1.54, 1.807) is 12.1 Å². The molecule has 0 heterocycles. The van der Waals surface area contributed by atoms with Crippen molar-refractivity contribution in [1.29, 1.82) is 0 Å². The SMILES string of the molecule is Cc1ccc(S(=O)(=O)/N=C(/C=N/Nc2ccccc2)NNc2ccccc2)cc1. The van der Waals surface area contributed by atoms with E-state index < -0.39 is 10.0 Å². The maximum absolute atomic E-state index is 12.7. The summed E-state index contributed by atoms with van der Waals surface area (Å²) in [6.45, 7) is 1.89. The van der Waals surface area contributed by atoms with Gasteiger partial charge in [-0.3, -0.25) is 16.3 Å². The second kappa shape index (κ2) is 9.52. The zero-order valence-electron chi connectivity index (χ0n) is 15.8. The molecule has 0 saturated carbocycles. The summed E-state index contributed by atoms with van der Waals surface area (Å²) in [5, 5.41) is 4.07. The van der Waals surface area contributed by atoms with Gasteiger partial charge < -0.3 is 0 Å². The first-order chi connectivity index (χ1) is 14.0. The summed E-state index contributed by atoms with van der Waals surface area (Å²) in [4.78, 5) is 0.103. The number of sulfonamides is 1. The van der Waals surface area contributed by atoms with Gasteiger partial charge in [-0.2, -0.15) is 13.5 Å². The second-order valence-electron chi connectivity index (χ2n) is 6.12. The molecule has 3 N–H and O–H groups in total. The first kappa shape index (κ1) is 20.1. The first-order valence-corrected chi connectivity index (χ1v) is 10.3. The monoisotopic (exact) mass is 407 g/mol. The summed E-state index contributed by atoms with van der Waals surface area (Å²) in [6, 6.07) is 25.1. The smallest absolute Gasteiger partial charge is 0.284 e. The molecule has 0 atom stereocenters. The van der Waals surface area contributed by atoms with Gasteiger partial charge in [0.2, 0.25) is 0 Å². The lowest BCUT2D eigenvalue weighted by molar-refractivity contribution is 0.598. The van der Waals surface area contributed by atoms with Gasteiger partial charge in [0.1, 0.15) is 0 Å². The zero-order valence-corrected chi connectivity index (χ0v) is 16.6. The molecule has 0 unspecified atom stereocenters. The molecule has 8 heteroatoms. The van der Waals surface area contributed by atoms with E-state index in [4.69, 9.17) is 0 Å². The number of hydrogen-bond acceptors (Lipinski definition) is 5. The third-order valence-corrected chi connectivity index (χ3v) is 5.11. The second-order valence-corrected chi connectivity index (χ2v) is 7.72. The van der Waals surface area contributed by atoms with Crippen molar-refractivity contribution in [2.75, 3.05) is 10.9 Å². The average Bonchev–Trinajstić information content (AvgIpc) is 2.73. The van der Waals surface area contributed by atoms with Crippen molar-refractivity contribution in [2.24, 2.45) is 9.50 Å². The Bertz CT molecular complexity index is 1080. The van der Waals surface area contributed by atoms with Crippen LogP contribution in [0.1, 0.15) is 5.56 Å². The van der Waals surface area contributed by atoms with Crippen molar-refractivity contribution in [3.8, 4) is 0 Å². The zero-order chi connectivity index (χ0) is 20.5. The molecule has 0 aliphatic carbocycles. The summed E-state index contributed by atoms with van der Waals surface area (Å²) in [5.41, 5.74) is 11.0. The molecule has 3 aromatic rings. The van der Waals surface area contributed by atoms with Crippen molar-refractivity contribution in [1.82, 2.24) is 5.43 Å². The van der Waals surface area contributed by atoms with Gasteiger partial charge in [-0.05, 0) is 43.3 Å². The standard InChI is InChI=1S/C21H21N5O2S/c1-17-12-14-20(15-13-17)29(27,28)26-21(25-24-19-10-6-3-7-11-19)16-22-23-18-8-4-2-5-9-18/h2-16,23-24H,1H3,(H,25,26)/b22-16+. The molecule has 0 aliphatic rings. The third-order valence-electron chi connectivity index (χ3n) is 3.80. The number of rotatable bonds is 7. The minimum atomic E-state index is -3.91. The Morgan fingerprint density at radius 1 is 0.828 bits per heavy atom. The van der Waals surface area contributed by atoms with E-state index in [0.29, 0.717) is 0 Å². The van der Waals surface area contributed by atoms with Crippen molar-refractivity contribution < 1.29 is 8.42 Å². The summed E-state index contributed by atoms with van der Waals surface area (Å²) in [5.74, 6) is 0.0258. The average molecular weight is 407 g/mol. The molecule has 0 spiro atoms. The highest BCUT2D eigenvalue weighted by Gasteiger charge is 2.13. The number of hydrazine groups is 1. The van der Waals surface area contributed by atoms with Crippen LogP contribution in [0.15, 0.2) is 99.3 Å². The van der Waals surface area contributed by atoms with Crippen LogP contribution in [-0.4, -0.2) is 20.5 Å². The van der Waals surface area contributed by atoms with Crippen molar-refractivity contribution in [3.05, 3.63) is 90.5 Å². The molecule has 0 amide bonds. The molecule has 148 valence electrons. The topological polar surface area (TPSA) is 95.0 Å². The highest BCUT2D eigenvalue weighted by molar-refractivity contribution is 7.90. The Balaban J connectivity index is 1.82. The van der Waals surface area contributed by atoms with Crippen molar-refractivity contribution in [2.45, 2.75) is 11.8 Å². The molecular weight excluding hydrogens is 386 g/mol. The molecule has 3 rings (SSSR count). The van der Waals surface area contributed by atoms with Gasteiger partial charge in [-0.15, -0.1) is 4.40 Å². The van der Waals surface area contributed by atoms with Gasteiger partial charge in [-0.1, -0.05) is 54.1 Å². The van der Waals surface area contributed by atoms with Crippen LogP contribution in [0, 0.1) is 6.92 Å². The summed E-state index contributed by atoms with van der Waals surface area (Å²) in [7, 11) is -3.91. The number of hydrazone groups is 1. The Labute approximate surface area is 170 Å². The van der Waals surface area contributed by atoms with Crippen molar-refractivity contribution in [3.63, 3.8) is 0 Å². The van der Waals surface area contributed by atoms with E-state index in [0.717, 1.165) is 16.9 Å². The van der Waals surface area contributed by atoms with Crippen LogP contribution in [0.25, 0.3) is 0 Å². The lowest BCUT2D eigenvalue weighted by Crippen LogP contribution is -2.31. The number of nitrogens with one attached hydrogen (secondary N) is 3. The molecule has 0 radical (unpaired) electrons. The lowest BCUT2D eigenvalue weighted by Gasteiger charge is -2.09. The van der Waals surface area contributed by atoms with Gasteiger partial charge in [0.25, 0.3) is 10.0 Å². The fourth-order valence-corrected chi connectivity index (χ4v) is 3.25. The number of amidine groups is 1. The van der Waals surface area contributed by atoms with Gasteiger partial charge in [0.05, 0.1) is 22.5 Å².